The molecule has 1 aliphatic heterocycles. The minimum atomic E-state index is -1.14. The van der Waals surface area contributed by atoms with Crippen LogP contribution in [0, 0.1) is 0 Å². The number of aliphatic hydroxyl groups excluding tert-OH is 1. The number of piperidine rings is 1. The number of nitrogens with one attached hydrogen (secondary N) is 2. The van der Waals surface area contributed by atoms with Crippen LogP contribution in [0.2, 0.25) is 0 Å². The minimum absolute atomic E-state index is 0.00889. The Balaban J connectivity index is 2.16. The predicted octanol–water partition coefficient (Wildman–Crippen LogP) is 2.13. The molecule has 0 bridgehead atoms. The van der Waals surface area contributed by atoms with Gasteiger partial charge in [-0.05, 0) is 45.0 Å². The van der Waals surface area contributed by atoms with Crippen LogP contribution in [0.4, 0.5) is 5.69 Å². The molecule has 1 saturated heterocycles. The lowest BCUT2D eigenvalue weighted by Gasteiger charge is -2.23. The topological polar surface area (TPSA) is 123 Å². The fourth-order valence-electron chi connectivity index (χ4n) is 2.35. The summed E-state index contributed by atoms with van der Waals surface area (Å²) in [4.78, 5) is 23.4. The Morgan fingerprint density at radius 2 is 1.88 bits per heavy atom. The number of carboxylic acid groups (broad SMARTS) is 1. The van der Waals surface area contributed by atoms with Gasteiger partial charge in [-0.15, -0.1) is 10.2 Å². The van der Waals surface area contributed by atoms with Gasteiger partial charge in [-0.25, -0.2) is 4.79 Å². The van der Waals surface area contributed by atoms with E-state index in [4.69, 9.17) is 5.11 Å². The van der Waals surface area contributed by atoms with Crippen LogP contribution in [0.1, 0.15) is 30.1 Å². The smallest absolute Gasteiger partial charge is 0.337 e. The Kier molecular flexibility index (Phi) is 6.02. The van der Waals surface area contributed by atoms with Crippen molar-refractivity contribution < 1.29 is 19.8 Å². The zero-order chi connectivity index (χ0) is 17.5. The van der Waals surface area contributed by atoms with E-state index in [-0.39, 0.29) is 28.7 Å². The summed E-state index contributed by atoms with van der Waals surface area (Å²) < 4.78 is 0. The highest BCUT2D eigenvalue weighted by atomic mass is 16.4. The van der Waals surface area contributed by atoms with Crippen molar-refractivity contribution in [2.24, 2.45) is 10.2 Å². The number of aromatic carboxylic acids is 1. The summed E-state index contributed by atoms with van der Waals surface area (Å²) in [6.45, 7) is 2.96. The lowest BCUT2D eigenvalue weighted by molar-refractivity contribution is -0.118. The molecule has 8 heteroatoms. The molecule has 8 nitrogen and oxygen atoms in total. The zero-order valence-electron chi connectivity index (χ0n) is 13.3. The average Bonchev–Trinajstić information content (AvgIpc) is 2.56. The van der Waals surface area contributed by atoms with E-state index in [1.54, 1.807) is 12.1 Å². The van der Waals surface area contributed by atoms with Gasteiger partial charge in [0.05, 0.1) is 5.56 Å². The molecule has 0 saturated carbocycles. The van der Waals surface area contributed by atoms with Gasteiger partial charge < -0.3 is 20.8 Å². The zero-order valence-corrected chi connectivity index (χ0v) is 13.3. The first-order chi connectivity index (χ1) is 11.5. The molecular weight excluding hydrogens is 312 g/mol. The van der Waals surface area contributed by atoms with Crippen LogP contribution in [0.25, 0.3) is 0 Å². The summed E-state index contributed by atoms with van der Waals surface area (Å²) in [5.74, 6) is -1.95. The summed E-state index contributed by atoms with van der Waals surface area (Å²) in [5, 5.41) is 32.4. The highest BCUT2D eigenvalue weighted by Crippen LogP contribution is 2.20. The number of hydrogen-bond donors (Lipinski definition) is 4. The molecule has 0 radical (unpaired) electrons. The highest BCUT2D eigenvalue weighted by Gasteiger charge is 2.20. The summed E-state index contributed by atoms with van der Waals surface area (Å²) in [5.41, 5.74) is -0.151. The quantitative estimate of drug-likeness (QED) is 0.373. The lowest BCUT2D eigenvalue weighted by atomic mass is 10.1. The molecule has 2 rings (SSSR count). The van der Waals surface area contributed by atoms with Gasteiger partial charge in [0, 0.05) is 6.04 Å². The molecule has 4 N–H and O–H groups in total. The first-order valence-corrected chi connectivity index (χ1v) is 7.64. The number of aliphatic hydroxyl groups is 1. The molecule has 0 aliphatic carbocycles. The van der Waals surface area contributed by atoms with E-state index in [9.17, 15) is 14.7 Å². The van der Waals surface area contributed by atoms with Crippen LogP contribution >= 0.6 is 0 Å². The summed E-state index contributed by atoms with van der Waals surface area (Å²) >= 11 is 0. The van der Waals surface area contributed by atoms with E-state index < -0.39 is 11.9 Å². The van der Waals surface area contributed by atoms with Crippen molar-refractivity contribution in [2.75, 3.05) is 13.1 Å². The van der Waals surface area contributed by atoms with Gasteiger partial charge in [0.25, 0.3) is 5.91 Å². The number of nitrogens with zero attached hydrogens (tertiary/aromatic N) is 2. The van der Waals surface area contributed by atoms with E-state index >= 15 is 0 Å². The van der Waals surface area contributed by atoms with Gasteiger partial charge in [0.15, 0.2) is 5.70 Å². The van der Waals surface area contributed by atoms with E-state index in [1.165, 1.54) is 19.1 Å². The third kappa shape index (κ3) is 4.63. The molecular formula is C16H20N4O4. The molecule has 0 atom stereocenters. The molecule has 0 unspecified atom stereocenters. The third-order valence-corrected chi connectivity index (χ3v) is 3.62. The Morgan fingerprint density at radius 1 is 1.21 bits per heavy atom. The summed E-state index contributed by atoms with van der Waals surface area (Å²) in [7, 11) is 0. The predicted molar refractivity (Wildman–Crippen MR) is 87.3 cm³/mol. The maximum Gasteiger partial charge on any atom is 0.337 e. The molecule has 1 heterocycles. The van der Waals surface area contributed by atoms with Crippen molar-refractivity contribution >= 4 is 17.6 Å². The second-order valence-corrected chi connectivity index (χ2v) is 5.45. The van der Waals surface area contributed by atoms with Gasteiger partial charge in [-0.3, -0.25) is 4.79 Å². The number of hydrogen-bond acceptors (Lipinski definition) is 6. The van der Waals surface area contributed by atoms with Crippen molar-refractivity contribution in [3.05, 3.63) is 41.3 Å². The second kappa shape index (κ2) is 8.21. The van der Waals surface area contributed by atoms with Crippen LogP contribution in [-0.2, 0) is 4.79 Å². The van der Waals surface area contributed by atoms with Crippen molar-refractivity contribution in [3.63, 3.8) is 0 Å². The molecule has 1 amide bonds. The Morgan fingerprint density at radius 3 is 2.50 bits per heavy atom. The molecule has 24 heavy (non-hydrogen) atoms. The molecule has 1 aliphatic rings. The summed E-state index contributed by atoms with van der Waals surface area (Å²) in [6.07, 6.45) is 1.59. The molecule has 0 spiro atoms. The molecule has 128 valence electrons. The van der Waals surface area contributed by atoms with Crippen LogP contribution in [0.15, 0.2) is 46.0 Å². The minimum Gasteiger partial charge on any atom is -0.510 e. The fraction of sp³-hybridized carbons (Fsp3) is 0.375. The number of benzene rings is 1. The SMILES string of the molecule is C/C(O)=C(\N=Nc1ccccc1C(=O)O)C(=O)NC1CCNCC1. The summed E-state index contributed by atoms with van der Waals surface area (Å²) in [6, 6.07) is 6.06. The normalized spacial score (nSPS) is 16.7. The first-order valence-electron chi connectivity index (χ1n) is 7.64. The van der Waals surface area contributed by atoms with Crippen LogP contribution in [0.3, 0.4) is 0 Å². The number of rotatable bonds is 5. The highest BCUT2D eigenvalue weighted by molar-refractivity contribution is 5.94. The van der Waals surface area contributed by atoms with Crippen molar-refractivity contribution in [2.45, 2.75) is 25.8 Å². The lowest BCUT2D eigenvalue weighted by Crippen LogP contribution is -2.43. The number of carbonyl (C=O) groups is 2. The fourth-order valence-corrected chi connectivity index (χ4v) is 2.35. The first kappa shape index (κ1) is 17.6. The van der Waals surface area contributed by atoms with E-state index in [2.05, 4.69) is 20.9 Å². The van der Waals surface area contributed by atoms with Crippen molar-refractivity contribution in [1.82, 2.24) is 10.6 Å². The van der Waals surface area contributed by atoms with Gasteiger partial charge in [0.1, 0.15) is 11.4 Å². The van der Waals surface area contributed by atoms with Crippen LogP contribution < -0.4 is 10.6 Å². The van der Waals surface area contributed by atoms with Gasteiger partial charge >= 0.3 is 5.97 Å². The van der Waals surface area contributed by atoms with Gasteiger partial charge in [-0.1, -0.05) is 12.1 Å². The Hall–Kier alpha value is -2.74. The van der Waals surface area contributed by atoms with E-state index in [0.29, 0.717) is 0 Å². The number of azo groups is 1. The van der Waals surface area contributed by atoms with Crippen LogP contribution in [-0.4, -0.2) is 41.2 Å². The molecule has 1 aromatic rings. The number of carboxylic acids is 1. The Bertz CT molecular complexity index is 674. The molecule has 1 aromatic carbocycles. The third-order valence-electron chi connectivity index (χ3n) is 3.62. The second-order valence-electron chi connectivity index (χ2n) is 5.45. The van der Waals surface area contributed by atoms with Gasteiger partial charge in [-0.2, -0.15) is 0 Å². The maximum atomic E-state index is 12.3. The largest absolute Gasteiger partial charge is 0.510 e. The van der Waals surface area contributed by atoms with Crippen molar-refractivity contribution in [1.29, 1.82) is 0 Å². The maximum absolute atomic E-state index is 12.3. The van der Waals surface area contributed by atoms with E-state index in [0.717, 1.165) is 25.9 Å². The number of allylic oxidation sites excluding steroid dienone is 1. The van der Waals surface area contributed by atoms with Gasteiger partial charge in [0.2, 0.25) is 0 Å². The number of amides is 1. The van der Waals surface area contributed by atoms with E-state index in [1.807, 2.05) is 0 Å². The van der Waals surface area contributed by atoms with Crippen molar-refractivity contribution in [3.8, 4) is 0 Å². The monoisotopic (exact) mass is 332 g/mol. The number of carbonyl (C=O) groups excluding carboxylic acids is 1. The Labute approximate surface area is 139 Å². The molecule has 0 aromatic heterocycles. The molecule has 1 fully saturated rings. The van der Waals surface area contributed by atoms with Crippen LogP contribution in [0.5, 0.6) is 0 Å². The standard InChI is InChI=1S/C16H20N4O4/c1-10(21)14(15(22)18-11-6-8-17-9-7-11)20-19-13-5-3-2-4-12(13)16(23)24/h2-5,11,17,21H,6-9H2,1H3,(H,18,22)(H,23,24)/b14-10+,20-19?. The average molecular weight is 332 g/mol.